The highest BCUT2D eigenvalue weighted by molar-refractivity contribution is 7.99. The lowest BCUT2D eigenvalue weighted by Crippen LogP contribution is -2.25. The average molecular weight is 257 g/mol. The first kappa shape index (κ1) is 12.1. The molecule has 1 aliphatic heterocycles. The van der Waals surface area contributed by atoms with Gasteiger partial charge in [-0.05, 0) is 36.4 Å². The van der Waals surface area contributed by atoms with Gasteiger partial charge in [0.25, 0.3) is 0 Å². The maximum absolute atomic E-state index is 6.02. The number of nitrogens with zero attached hydrogens (tertiary/aromatic N) is 1. The molecule has 0 aromatic heterocycles. The molecular formula is C12H17ClN2S. The number of nitrogens with two attached hydrogens (primary N) is 1. The van der Waals surface area contributed by atoms with Crippen LogP contribution in [0.25, 0.3) is 0 Å². The monoisotopic (exact) mass is 256 g/mol. The summed E-state index contributed by atoms with van der Waals surface area (Å²) in [6, 6.07) is 5.94. The van der Waals surface area contributed by atoms with E-state index in [1.54, 1.807) is 0 Å². The summed E-state index contributed by atoms with van der Waals surface area (Å²) < 4.78 is 0. The molecule has 1 aromatic carbocycles. The number of anilines is 1. The Morgan fingerprint density at radius 2 is 2.19 bits per heavy atom. The average Bonchev–Trinajstić information content (AvgIpc) is 2.52. The van der Waals surface area contributed by atoms with Crippen LogP contribution in [0.15, 0.2) is 18.2 Å². The Labute approximate surface area is 106 Å². The van der Waals surface area contributed by atoms with Crippen LogP contribution < -0.4 is 5.73 Å². The number of hydrogen-bond donors (Lipinski definition) is 1. The Hall–Kier alpha value is -0.380. The van der Waals surface area contributed by atoms with Gasteiger partial charge >= 0.3 is 0 Å². The number of halogens is 1. The maximum Gasteiger partial charge on any atom is 0.0638 e. The number of rotatable bonds is 2. The van der Waals surface area contributed by atoms with Crippen molar-refractivity contribution in [3.63, 3.8) is 0 Å². The van der Waals surface area contributed by atoms with Gasteiger partial charge in [-0.2, -0.15) is 11.8 Å². The zero-order valence-electron chi connectivity index (χ0n) is 9.29. The summed E-state index contributed by atoms with van der Waals surface area (Å²) in [6.45, 7) is 3.35. The van der Waals surface area contributed by atoms with Crippen LogP contribution in [0.5, 0.6) is 0 Å². The van der Waals surface area contributed by atoms with E-state index in [0.29, 0.717) is 10.7 Å². The molecule has 0 aliphatic carbocycles. The van der Waals surface area contributed by atoms with Crippen molar-refractivity contribution in [1.29, 1.82) is 0 Å². The molecule has 1 aromatic rings. The molecule has 1 aliphatic rings. The topological polar surface area (TPSA) is 29.3 Å². The van der Waals surface area contributed by atoms with Gasteiger partial charge in [0, 0.05) is 18.8 Å². The minimum Gasteiger partial charge on any atom is -0.398 e. The fraction of sp³-hybridized carbons (Fsp3) is 0.500. The Morgan fingerprint density at radius 1 is 1.31 bits per heavy atom. The van der Waals surface area contributed by atoms with Gasteiger partial charge in [-0.1, -0.05) is 17.7 Å². The fourth-order valence-corrected chi connectivity index (χ4v) is 3.01. The molecule has 0 atom stereocenters. The predicted octanol–water partition coefficient (Wildman–Crippen LogP) is 2.86. The van der Waals surface area contributed by atoms with E-state index in [4.69, 9.17) is 17.3 Å². The van der Waals surface area contributed by atoms with Crippen LogP contribution in [0.2, 0.25) is 5.02 Å². The molecule has 88 valence electrons. The highest BCUT2D eigenvalue weighted by Gasteiger charge is 2.10. The third-order valence-corrected chi connectivity index (χ3v) is 4.16. The quantitative estimate of drug-likeness (QED) is 0.825. The van der Waals surface area contributed by atoms with Crippen molar-refractivity contribution in [2.45, 2.75) is 13.0 Å². The standard InChI is InChI=1S/C12H17ClN2S/c13-11-8-10(2-3-12(11)14)9-15-4-1-6-16-7-5-15/h2-3,8H,1,4-7,9,14H2. The molecule has 0 unspecified atom stereocenters. The Kier molecular flexibility index (Phi) is 4.38. The number of thioether (sulfide) groups is 1. The summed E-state index contributed by atoms with van der Waals surface area (Å²) in [5.41, 5.74) is 7.62. The maximum atomic E-state index is 6.02. The largest absolute Gasteiger partial charge is 0.398 e. The third-order valence-electron chi connectivity index (χ3n) is 2.79. The Balaban J connectivity index is 1.99. The lowest BCUT2D eigenvalue weighted by Gasteiger charge is -2.19. The summed E-state index contributed by atoms with van der Waals surface area (Å²) in [4.78, 5) is 2.49. The van der Waals surface area contributed by atoms with Gasteiger partial charge < -0.3 is 5.73 Å². The van der Waals surface area contributed by atoms with Crippen LogP contribution in [0.1, 0.15) is 12.0 Å². The second-order valence-corrected chi connectivity index (χ2v) is 5.73. The first-order valence-corrected chi connectivity index (χ1v) is 7.13. The molecule has 2 rings (SSSR count). The summed E-state index contributed by atoms with van der Waals surface area (Å²) >= 11 is 8.06. The van der Waals surface area contributed by atoms with Gasteiger partial charge in [-0.15, -0.1) is 0 Å². The van der Waals surface area contributed by atoms with Gasteiger partial charge in [0.15, 0.2) is 0 Å². The summed E-state index contributed by atoms with van der Waals surface area (Å²) in [6.07, 6.45) is 1.29. The molecular weight excluding hydrogens is 240 g/mol. The molecule has 0 bridgehead atoms. The van der Waals surface area contributed by atoms with Crippen LogP contribution in [0.4, 0.5) is 5.69 Å². The molecule has 16 heavy (non-hydrogen) atoms. The first-order valence-electron chi connectivity index (χ1n) is 5.60. The van der Waals surface area contributed by atoms with Crippen molar-refractivity contribution in [3.8, 4) is 0 Å². The van der Waals surface area contributed by atoms with Crippen molar-refractivity contribution >= 4 is 29.1 Å². The van der Waals surface area contributed by atoms with Crippen molar-refractivity contribution in [2.24, 2.45) is 0 Å². The van der Waals surface area contributed by atoms with E-state index in [1.165, 1.54) is 36.6 Å². The van der Waals surface area contributed by atoms with E-state index >= 15 is 0 Å². The number of hydrogen-bond acceptors (Lipinski definition) is 3. The third kappa shape index (κ3) is 3.30. The Bertz CT molecular complexity index is 349. The van der Waals surface area contributed by atoms with E-state index < -0.39 is 0 Å². The van der Waals surface area contributed by atoms with Gasteiger partial charge in [-0.25, -0.2) is 0 Å². The summed E-state index contributed by atoms with van der Waals surface area (Å²) in [5.74, 6) is 2.53. The molecule has 1 heterocycles. The van der Waals surface area contributed by atoms with Gasteiger partial charge in [-0.3, -0.25) is 4.90 Å². The molecule has 2 nitrogen and oxygen atoms in total. The molecule has 1 saturated heterocycles. The van der Waals surface area contributed by atoms with E-state index in [9.17, 15) is 0 Å². The second-order valence-electron chi connectivity index (χ2n) is 4.10. The van der Waals surface area contributed by atoms with Crippen LogP contribution in [0, 0.1) is 0 Å². The summed E-state index contributed by atoms with van der Waals surface area (Å²) in [7, 11) is 0. The minimum atomic E-state index is 0.664. The minimum absolute atomic E-state index is 0.664. The van der Waals surface area contributed by atoms with Crippen molar-refractivity contribution in [1.82, 2.24) is 4.90 Å². The SMILES string of the molecule is Nc1ccc(CN2CCCSCC2)cc1Cl. The van der Waals surface area contributed by atoms with Gasteiger partial charge in [0.1, 0.15) is 0 Å². The van der Waals surface area contributed by atoms with E-state index in [2.05, 4.69) is 11.0 Å². The predicted molar refractivity (Wildman–Crippen MR) is 73.1 cm³/mol. The van der Waals surface area contributed by atoms with Crippen LogP contribution >= 0.6 is 23.4 Å². The van der Waals surface area contributed by atoms with E-state index in [0.717, 1.165) is 6.54 Å². The van der Waals surface area contributed by atoms with Crippen molar-refractivity contribution in [2.75, 3.05) is 30.3 Å². The van der Waals surface area contributed by atoms with Crippen LogP contribution in [-0.4, -0.2) is 29.5 Å². The van der Waals surface area contributed by atoms with Gasteiger partial charge in [0.2, 0.25) is 0 Å². The van der Waals surface area contributed by atoms with Crippen molar-refractivity contribution in [3.05, 3.63) is 28.8 Å². The highest BCUT2D eigenvalue weighted by atomic mass is 35.5. The molecule has 0 spiro atoms. The summed E-state index contributed by atoms with van der Waals surface area (Å²) in [5, 5.41) is 0.668. The highest BCUT2D eigenvalue weighted by Crippen LogP contribution is 2.21. The molecule has 0 amide bonds. The zero-order valence-corrected chi connectivity index (χ0v) is 10.9. The molecule has 4 heteroatoms. The van der Waals surface area contributed by atoms with Crippen LogP contribution in [-0.2, 0) is 6.54 Å². The van der Waals surface area contributed by atoms with Crippen LogP contribution in [0.3, 0.4) is 0 Å². The number of benzene rings is 1. The number of nitrogen functional groups attached to an aromatic ring is 1. The molecule has 1 fully saturated rings. The molecule has 2 N–H and O–H groups in total. The van der Waals surface area contributed by atoms with E-state index in [1.807, 2.05) is 23.9 Å². The Morgan fingerprint density at radius 3 is 3.00 bits per heavy atom. The fourth-order valence-electron chi connectivity index (χ4n) is 1.88. The lowest BCUT2D eigenvalue weighted by molar-refractivity contribution is 0.287. The lowest BCUT2D eigenvalue weighted by atomic mass is 10.2. The molecule has 0 radical (unpaired) electrons. The van der Waals surface area contributed by atoms with Crippen molar-refractivity contribution < 1.29 is 0 Å². The second kappa shape index (κ2) is 5.80. The normalized spacial score (nSPS) is 18.3. The smallest absolute Gasteiger partial charge is 0.0638 e. The van der Waals surface area contributed by atoms with E-state index in [-0.39, 0.29) is 0 Å². The zero-order chi connectivity index (χ0) is 11.4. The molecule has 0 saturated carbocycles. The first-order chi connectivity index (χ1) is 7.75. The van der Waals surface area contributed by atoms with Gasteiger partial charge in [0.05, 0.1) is 10.7 Å².